The average Bonchev–Trinajstić information content (AvgIpc) is 3.12. The summed E-state index contributed by atoms with van der Waals surface area (Å²) in [5, 5.41) is 16.7. The molecular weight excluding hydrogens is 246 g/mol. The van der Waals surface area contributed by atoms with E-state index in [0.717, 1.165) is 12.1 Å². The van der Waals surface area contributed by atoms with E-state index in [1.54, 1.807) is 6.20 Å². The average molecular weight is 259 g/mol. The smallest absolute Gasteiger partial charge is 0.198 e. The third-order valence-corrected chi connectivity index (χ3v) is 3.83. The molecular formula is C13H13N3OS. The van der Waals surface area contributed by atoms with Gasteiger partial charge in [0.2, 0.25) is 0 Å². The van der Waals surface area contributed by atoms with Crippen molar-refractivity contribution >= 4 is 17.2 Å². The summed E-state index contributed by atoms with van der Waals surface area (Å²) in [7, 11) is 0. The van der Waals surface area contributed by atoms with Crippen LogP contribution in [0.1, 0.15) is 10.6 Å². The quantitative estimate of drug-likeness (QED) is 0.875. The molecule has 0 amide bonds. The van der Waals surface area contributed by atoms with E-state index in [-0.39, 0.29) is 0 Å². The lowest BCUT2D eigenvalue weighted by molar-refractivity contribution is 0.152. The standard InChI is InChI=1S/C13H13N3OS/c17-13(11-14-6-7-15-11,12-16-8-9-18-12)10-4-2-1-3-5-10/h1-5,8-9,17H,6-7H2,(H,14,15). The fourth-order valence-electron chi connectivity index (χ4n) is 2.08. The molecule has 1 aromatic heterocycles. The normalized spacial score (nSPS) is 17.9. The molecule has 0 bridgehead atoms. The van der Waals surface area contributed by atoms with Gasteiger partial charge in [-0.2, -0.15) is 0 Å². The van der Waals surface area contributed by atoms with Gasteiger partial charge in [-0.1, -0.05) is 30.3 Å². The van der Waals surface area contributed by atoms with Crippen LogP contribution in [0.5, 0.6) is 0 Å². The monoisotopic (exact) mass is 259 g/mol. The van der Waals surface area contributed by atoms with Crippen LogP contribution in [0.2, 0.25) is 0 Å². The number of nitrogens with one attached hydrogen (secondary N) is 1. The molecule has 1 atom stereocenters. The maximum atomic E-state index is 11.1. The van der Waals surface area contributed by atoms with E-state index in [2.05, 4.69) is 15.3 Å². The van der Waals surface area contributed by atoms with E-state index in [0.29, 0.717) is 17.4 Å². The van der Waals surface area contributed by atoms with Gasteiger partial charge in [0, 0.05) is 18.1 Å². The molecule has 0 spiro atoms. The number of hydrogen-bond donors (Lipinski definition) is 2. The Labute approximate surface area is 109 Å². The first-order chi connectivity index (χ1) is 8.82. The Hall–Kier alpha value is -1.72. The molecule has 4 nitrogen and oxygen atoms in total. The van der Waals surface area contributed by atoms with Crippen molar-refractivity contribution < 1.29 is 5.11 Å². The maximum Gasteiger partial charge on any atom is 0.198 e. The van der Waals surface area contributed by atoms with E-state index < -0.39 is 5.60 Å². The highest BCUT2D eigenvalue weighted by Crippen LogP contribution is 2.32. The molecule has 18 heavy (non-hydrogen) atoms. The van der Waals surface area contributed by atoms with Gasteiger partial charge in [0.15, 0.2) is 5.60 Å². The predicted molar refractivity (Wildman–Crippen MR) is 71.9 cm³/mol. The minimum Gasteiger partial charge on any atom is -0.371 e. The SMILES string of the molecule is OC(C1=NCCN1)(c1ccccc1)c1nccs1. The highest BCUT2D eigenvalue weighted by atomic mass is 32.1. The predicted octanol–water partition coefficient (Wildman–Crippen LogP) is 1.38. The number of aliphatic hydroxyl groups is 1. The van der Waals surface area contributed by atoms with Gasteiger partial charge < -0.3 is 10.4 Å². The van der Waals surface area contributed by atoms with Gasteiger partial charge >= 0.3 is 0 Å². The Morgan fingerprint density at radius 1 is 1.28 bits per heavy atom. The van der Waals surface area contributed by atoms with Gasteiger partial charge in [-0.05, 0) is 5.56 Å². The van der Waals surface area contributed by atoms with Crippen molar-refractivity contribution in [3.8, 4) is 0 Å². The van der Waals surface area contributed by atoms with Crippen molar-refractivity contribution in [2.75, 3.05) is 13.1 Å². The first-order valence-electron chi connectivity index (χ1n) is 5.78. The molecule has 0 saturated heterocycles. The van der Waals surface area contributed by atoms with E-state index >= 15 is 0 Å². The van der Waals surface area contributed by atoms with Gasteiger partial charge in [0.05, 0.1) is 6.54 Å². The second-order valence-electron chi connectivity index (χ2n) is 4.07. The highest BCUT2D eigenvalue weighted by Gasteiger charge is 2.41. The third-order valence-electron chi connectivity index (χ3n) is 2.95. The zero-order valence-electron chi connectivity index (χ0n) is 9.71. The number of hydrogen-bond acceptors (Lipinski definition) is 5. The van der Waals surface area contributed by atoms with Gasteiger partial charge in [-0.3, -0.25) is 4.99 Å². The minimum absolute atomic E-state index is 0.587. The molecule has 1 aromatic carbocycles. The van der Waals surface area contributed by atoms with Crippen molar-refractivity contribution in [2.45, 2.75) is 5.60 Å². The lowest BCUT2D eigenvalue weighted by atomic mass is 9.93. The summed E-state index contributed by atoms with van der Waals surface area (Å²) in [5.41, 5.74) is -0.473. The summed E-state index contributed by atoms with van der Waals surface area (Å²) >= 11 is 1.43. The van der Waals surface area contributed by atoms with Crippen molar-refractivity contribution in [1.82, 2.24) is 10.3 Å². The van der Waals surface area contributed by atoms with Crippen LogP contribution in [0, 0.1) is 0 Å². The zero-order chi connectivity index (χ0) is 12.4. The molecule has 2 N–H and O–H groups in total. The highest BCUT2D eigenvalue weighted by molar-refractivity contribution is 7.09. The summed E-state index contributed by atoms with van der Waals surface area (Å²) in [6, 6.07) is 9.52. The molecule has 0 radical (unpaired) electrons. The molecule has 2 aromatic rings. The number of aliphatic imine (C=N–C) groups is 1. The number of amidine groups is 1. The van der Waals surface area contributed by atoms with E-state index in [1.807, 2.05) is 35.7 Å². The summed E-state index contributed by atoms with van der Waals surface area (Å²) in [5.74, 6) is 0.587. The summed E-state index contributed by atoms with van der Waals surface area (Å²) in [6.45, 7) is 1.45. The van der Waals surface area contributed by atoms with Crippen LogP contribution in [0.15, 0.2) is 46.9 Å². The number of benzene rings is 1. The Morgan fingerprint density at radius 3 is 2.72 bits per heavy atom. The molecule has 1 aliphatic heterocycles. The molecule has 0 fully saturated rings. The number of nitrogens with zero attached hydrogens (tertiary/aromatic N) is 2. The first kappa shape index (κ1) is 11.4. The molecule has 1 aliphatic rings. The summed E-state index contributed by atoms with van der Waals surface area (Å²) in [6.07, 6.45) is 1.70. The number of rotatable bonds is 3. The van der Waals surface area contributed by atoms with Crippen molar-refractivity contribution in [2.24, 2.45) is 4.99 Å². The van der Waals surface area contributed by atoms with Gasteiger partial charge in [-0.25, -0.2) is 4.98 Å². The fraction of sp³-hybridized carbons (Fsp3) is 0.231. The van der Waals surface area contributed by atoms with Gasteiger partial charge in [0.25, 0.3) is 0 Å². The molecule has 5 heteroatoms. The van der Waals surface area contributed by atoms with Crippen molar-refractivity contribution in [3.05, 3.63) is 52.5 Å². The molecule has 3 rings (SSSR count). The number of aromatic nitrogens is 1. The lowest BCUT2D eigenvalue weighted by Gasteiger charge is -2.26. The Bertz CT molecular complexity index is 553. The minimum atomic E-state index is -1.26. The van der Waals surface area contributed by atoms with Crippen LogP contribution >= 0.6 is 11.3 Å². The van der Waals surface area contributed by atoms with Crippen LogP contribution in [0.4, 0.5) is 0 Å². The zero-order valence-corrected chi connectivity index (χ0v) is 10.5. The Kier molecular flexibility index (Phi) is 2.85. The molecule has 92 valence electrons. The van der Waals surface area contributed by atoms with Crippen molar-refractivity contribution in [1.29, 1.82) is 0 Å². The third kappa shape index (κ3) is 1.72. The van der Waals surface area contributed by atoms with Crippen molar-refractivity contribution in [3.63, 3.8) is 0 Å². The summed E-state index contributed by atoms with van der Waals surface area (Å²) in [4.78, 5) is 8.62. The van der Waals surface area contributed by atoms with Crippen LogP contribution in [0.3, 0.4) is 0 Å². The topological polar surface area (TPSA) is 57.5 Å². The fourth-order valence-corrected chi connectivity index (χ4v) is 2.84. The second-order valence-corrected chi connectivity index (χ2v) is 4.97. The van der Waals surface area contributed by atoms with Crippen LogP contribution in [-0.2, 0) is 5.60 Å². The van der Waals surface area contributed by atoms with Gasteiger partial charge in [-0.15, -0.1) is 11.3 Å². The number of thiazole rings is 1. The molecule has 0 saturated carbocycles. The van der Waals surface area contributed by atoms with Crippen LogP contribution < -0.4 is 5.32 Å². The van der Waals surface area contributed by atoms with E-state index in [9.17, 15) is 5.11 Å². The Balaban J connectivity index is 2.15. The van der Waals surface area contributed by atoms with Gasteiger partial charge in [0.1, 0.15) is 10.8 Å². The second kappa shape index (κ2) is 4.51. The molecule has 0 aliphatic carbocycles. The lowest BCUT2D eigenvalue weighted by Crippen LogP contribution is -2.43. The van der Waals surface area contributed by atoms with Crippen LogP contribution in [0.25, 0.3) is 0 Å². The van der Waals surface area contributed by atoms with Crippen LogP contribution in [-0.4, -0.2) is 29.0 Å². The van der Waals surface area contributed by atoms with E-state index in [1.165, 1.54) is 11.3 Å². The molecule has 2 heterocycles. The Morgan fingerprint density at radius 2 is 2.11 bits per heavy atom. The first-order valence-corrected chi connectivity index (χ1v) is 6.66. The maximum absolute atomic E-state index is 11.1. The molecule has 1 unspecified atom stereocenters. The summed E-state index contributed by atoms with van der Waals surface area (Å²) < 4.78 is 0. The van der Waals surface area contributed by atoms with E-state index in [4.69, 9.17) is 0 Å². The largest absolute Gasteiger partial charge is 0.371 e.